The summed E-state index contributed by atoms with van der Waals surface area (Å²) < 4.78 is 51.4. The van der Waals surface area contributed by atoms with Crippen LogP contribution < -0.4 is 24.4 Å². The number of nitrogens with zero attached hydrogens (tertiary/aromatic N) is 2. The molecule has 3 aromatic rings. The Kier molecular flexibility index (Phi) is 10.1. The van der Waals surface area contributed by atoms with E-state index < -0.39 is 31.9 Å². The minimum absolute atomic E-state index is 0.116. The van der Waals surface area contributed by atoms with Gasteiger partial charge >= 0.3 is 222 Å². The first-order valence-electron chi connectivity index (χ1n) is 10.9. The summed E-state index contributed by atoms with van der Waals surface area (Å²) in [6.45, 7) is 8.60. The number of anilines is 1. The summed E-state index contributed by atoms with van der Waals surface area (Å²) in [7, 11) is -2.48. The Morgan fingerprint density at radius 1 is 1.17 bits per heavy atom. The Bertz CT molecular complexity index is 1240. The molecule has 0 atom stereocenters. The number of aromatic nitrogens is 1. The molecule has 9 nitrogen and oxygen atoms in total. The molecular weight excluding hydrogens is 607 g/mol. The van der Waals surface area contributed by atoms with Gasteiger partial charge in [-0.3, -0.25) is 0 Å². The maximum absolute atomic E-state index is 14.1. The van der Waals surface area contributed by atoms with E-state index in [0.717, 1.165) is 21.6 Å². The molecule has 0 amide bonds. The molecule has 2 heterocycles. The van der Waals surface area contributed by atoms with Crippen LogP contribution in [0.4, 0.5) is 5.82 Å². The number of aryl methyl sites for hydroxylation is 2. The number of halogens is 1. The third kappa shape index (κ3) is 6.42. The van der Waals surface area contributed by atoms with Crippen LogP contribution >= 0.6 is 11.3 Å². The molecular formula is C23H30IN2O7S2-. The predicted octanol–water partition coefficient (Wildman–Crippen LogP) is 1.13. The molecule has 0 aliphatic carbocycles. The number of hydrogen-bond donors (Lipinski definition) is 1. The molecule has 35 heavy (non-hydrogen) atoms. The molecule has 0 radical (unpaired) electrons. The monoisotopic (exact) mass is 637 g/mol. The van der Waals surface area contributed by atoms with Crippen molar-refractivity contribution >= 4 is 27.2 Å². The summed E-state index contributed by atoms with van der Waals surface area (Å²) in [6.07, 6.45) is 0. The number of thiophene rings is 1. The molecule has 1 N–H and O–H groups in total. The molecule has 194 valence electrons. The molecule has 0 aliphatic rings. The topological polar surface area (TPSA) is 111 Å². The van der Waals surface area contributed by atoms with Crippen LogP contribution in [0, 0.1) is 20.8 Å². The van der Waals surface area contributed by atoms with Gasteiger partial charge in [0.25, 0.3) is 0 Å². The van der Waals surface area contributed by atoms with E-state index in [-0.39, 0.29) is 23.2 Å². The molecule has 0 spiro atoms. The van der Waals surface area contributed by atoms with Crippen molar-refractivity contribution in [3.05, 3.63) is 51.6 Å². The summed E-state index contributed by atoms with van der Waals surface area (Å²) in [5, 5.41) is 13.6. The van der Waals surface area contributed by atoms with Crippen molar-refractivity contribution < 1.29 is 52.5 Å². The zero-order valence-electron chi connectivity index (χ0n) is 20.3. The van der Waals surface area contributed by atoms with E-state index >= 15 is 0 Å². The number of rotatable bonds is 13. The first-order valence-corrected chi connectivity index (χ1v) is 15.0. The average Bonchev–Trinajstić information content (AvgIpc) is 3.39. The molecule has 0 saturated carbocycles. The molecule has 0 aliphatic heterocycles. The van der Waals surface area contributed by atoms with Gasteiger partial charge < -0.3 is 0 Å². The van der Waals surface area contributed by atoms with Crippen molar-refractivity contribution in [2.45, 2.75) is 45.1 Å². The molecule has 0 bridgehead atoms. The second-order valence-electron chi connectivity index (χ2n) is 7.63. The van der Waals surface area contributed by atoms with E-state index in [0.29, 0.717) is 36.7 Å². The van der Waals surface area contributed by atoms with Crippen LogP contribution in [0.5, 0.6) is 0 Å². The normalized spacial score (nSPS) is 11.9. The van der Waals surface area contributed by atoms with Crippen molar-refractivity contribution in [2.24, 2.45) is 0 Å². The van der Waals surface area contributed by atoms with E-state index in [2.05, 4.69) is 5.16 Å². The first kappa shape index (κ1) is 28.0. The van der Waals surface area contributed by atoms with Crippen LogP contribution in [0.15, 0.2) is 33.0 Å². The fraction of sp³-hybridized carbons (Fsp3) is 0.435. The van der Waals surface area contributed by atoms with Crippen molar-refractivity contribution in [3.63, 3.8) is 0 Å². The first-order chi connectivity index (χ1) is 16.7. The summed E-state index contributed by atoms with van der Waals surface area (Å²) in [5.74, 6) is 0.775. The van der Waals surface area contributed by atoms with Gasteiger partial charge in [-0.05, 0) is 0 Å². The predicted molar refractivity (Wildman–Crippen MR) is 129 cm³/mol. The second kappa shape index (κ2) is 12.6. The number of sulfonamides is 1. The molecule has 0 fully saturated rings. The van der Waals surface area contributed by atoms with Gasteiger partial charge in [0.15, 0.2) is 0 Å². The van der Waals surface area contributed by atoms with E-state index in [4.69, 9.17) is 17.1 Å². The summed E-state index contributed by atoms with van der Waals surface area (Å²) in [6, 6.07) is 7.33. The number of methoxy groups -OCH3 is 1. The van der Waals surface area contributed by atoms with Crippen LogP contribution in [0.2, 0.25) is 0 Å². The SMILES string of the molecule is CCOCc1cc(CO)ccc1-c1cc(C)sc1S(=O)(=O)N([I-]OCCOC)c1noc(C)c1C. The summed E-state index contributed by atoms with van der Waals surface area (Å²) >= 11 is -0.262. The van der Waals surface area contributed by atoms with Crippen LogP contribution in [0.25, 0.3) is 11.1 Å². The van der Waals surface area contributed by atoms with Gasteiger partial charge in [-0.1, -0.05) is 0 Å². The van der Waals surface area contributed by atoms with Crippen molar-refractivity contribution in [1.29, 1.82) is 0 Å². The maximum atomic E-state index is 14.1. The van der Waals surface area contributed by atoms with Crippen LogP contribution in [0.3, 0.4) is 0 Å². The third-order valence-corrected chi connectivity index (χ3v) is 11.6. The quantitative estimate of drug-likeness (QED) is 0.169. The van der Waals surface area contributed by atoms with Gasteiger partial charge in [0, 0.05) is 0 Å². The number of ether oxygens (including phenoxy) is 2. The Morgan fingerprint density at radius 3 is 2.57 bits per heavy atom. The van der Waals surface area contributed by atoms with E-state index in [1.54, 1.807) is 27.0 Å². The van der Waals surface area contributed by atoms with Gasteiger partial charge in [0.1, 0.15) is 0 Å². The van der Waals surface area contributed by atoms with Gasteiger partial charge in [-0.15, -0.1) is 0 Å². The number of aliphatic hydroxyl groups excluding tert-OH is 1. The second-order valence-corrected chi connectivity index (χ2v) is 13.5. The standard InChI is InChI=1S/C23H30IN2O7S2/c1-6-31-14-19-12-18(13-27)7-8-20(19)21-11-15(2)34-23(21)35(28,29)26(24-32-10-9-30-5)22-16(3)17(4)33-25-22/h7-8,11-12,27H,6,9-10,13-14H2,1-5H3/q-1. The minimum atomic E-state index is -4.04. The Labute approximate surface area is 221 Å². The zero-order valence-corrected chi connectivity index (χ0v) is 24.1. The van der Waals surface area contributed by atoms with E-state index in [9.17, 15) is 13.5 Å². The number of aliphatic hydroxyl groups is 1. The number of hydrogen-bond acceptors (Lipinski definition) is 9. The van der Waals surface area contributed by atoms with Crippen molar-refractivity contribution in [1.82, 2.24) is 5.16 Å². The molecule has 2 aromatic heterocycles. The van der Waals surface area contributed by atoms with Gasteiger partial charge in [-0.2, -0.15) is 0 Å². The van der Waals surface area contributed by atoms with Gasteiger partial charge in [0.2, 0.25) is 0 Å². The molecule has 0 unspecified atom stereocenters. The number of benzene rings is 1. The van der Waals surface area contributed by atoms with Gasteiger partial charge in [0.05, 0.1) is 0 Å². The molecule has 3 rings (SSSR count). The Balaban J connectivity index is 2.12. The van der Waals surface area contributed by atoms with Crippen LogP contribution in [-0.4, -0.2) is 45.6 Å². The zero-order chi connectivity index (χ0) is 25.6. The Hall–Kier alpha value is -1.55. The fourth-order valence-corrected chi connectivity index (χ4v) is 9.24. The summed E-state index contributed by atoms with van der Waals surface area (Å²) in [5.41, 5.74) is 3.49. The van der Waals surface area contributed by atoms with Crippen LogP contribution in [0.1, 0.15) is 34.3 Å². The van der Waals surface area contributed by atoms with Crippen LogP contribution in [-0.2, 0) is 35.8 Å². The molecule has 0 saturated heterocycles. The third-order valence-electron chi connectivity index (χ3n) is 5.15. The Morgan fingerprint density at radius 2 is 1.94 bits per heavy atom. The van der Waals surface area contributed by atoms with E-state index in [1.165, 1.54) is 13.9 Å². The fourth-order valence-electron chi connectivity index (χ4n) is 3.23. The summed E-state index contributed by atoms with van der Waals surface area (Å²) in [4.78, 5) is 0.846. The van der Waals surface area contributed by atoms with Crippen molar-refractivity contribution in [2.75, 3.05) is 29.4 Å². The van der Waals surface area contributed by atoms with E-state index in [1.807, 2.05) is 32.0 Å². The average molecular weight is 638 g/mol. The van der Waals surface area contributed by atoms with Gasteiger partial charge in [-0.25, -0.2) is 0 Å². The molecule has 1 aromatic carbocycles. The molecule has 12 heteroatoms. The van der Waals surface area contributed by atoms with Crippen molar-refractivity contribution in [3.8, 4) is 11.1 Å².